The Morgan fingerprint density at radius 2 is 1.78 bits per heavy atom. The van der Waals surface area contributed by atoms with E-state index in [9.17, 15) is 4.79 Å². The Hall–Kier alpha value is -2.57. The Balaban J connectivity index is 1.34. The molecule has 6 heteroatoms. The number of hydrogen-bond donors (Lipinski definition) is 0. The summed E-state index contributed by atoms with van der Waals surface area (Å²) in [5.41, 5.74) is 2.09. The summed E-state index contributed by atoms with van der Waals surface area (Å²) in [6, 6.07) is 15.7. The summed E-state index contributed by atoms with van der Waals surface area (Å²) in [5, 5.41) is 0. The van der Waals surface area contributed by atoms with E-state index in [0.29, 0.717) is 19.9 Å². The molecule has 1 atom stereocenters. The van der Waals surface area contributed by atoms with Crippen LogP contribution in [0, 0.1) is 0 Å². The first-order chi connectivity index (χ1) is 13.2. The number of nitrogens with zero attached hydrogens (tertiary/aromatic N) is 2. The van der Waals surface area contributed by atoms with Gasteiger partial charge < -0.3 is 19.1 Å². The standard InChI is InChI=1S/C21H24N2O4/c1-25-20(17-5-3-2-4-6-17)21(24)23-11-9-22(10-12-23)14-16-7-8-18-19(13-16)27-15-26-18/h2-8,13,20H,9-12,14-15H2,1H3/t20-/m1/s1. The Labute approximate surface area is 159 Å². The maximum Gasteiger partial charge on any atom is 0.256 e. The average Bonchev–Trinajstić information content (AvgIpc) is 3.18. The molecule has 0 N–H and O–H groups in total. The number of methoxy groups -OCH3 is 1. The molecule has 2 aromatic rings. The number of rotatable bonds is 5. The maximum absolute atomic E-state index is 12.9. The van der Waals surface area contributed by atoms with Crippen molar-refractivity contribution in [1.82, 2.24) is 9.80 Å². The number of benzene rings is 2. The first kappa shape index (κ1) is 17.8. The number of ether oxygens (including phenoxy) is 3. The van der Waals surface area contributed by atoms with Crippen LogP contribution in [0.3, 0.4) is 0 Å². The zero-order chi connectivity index (χ0) is 18.6. The maximum atomic E-state index is 12.9. The summed E-state index contributed by atoms with van der Waals surface area (Å²) >= 11 is 0. The third-order valence-electron chi connectivity index (χ3n) is 5.09. The van der Waals surface area contributed by atoms with E-state index in [1.165, 1.54) is 5.56 Å². The van der Waals surface area contributed by atoms with E-state index in [1.807, 2.05) is 47.4 Å². The highest BCUT2D eigenvalue weighted by Gasteiger charge is 2.28. The second-order valence-corrected chi connectivity index (χ2v) is 6.82. The van der Waals surface area contributed by atoms with Gasteiger partial charge in [0.1, 0.15) is 0 Å². The van der Waals surface area contributed by atoms with Gasteiger partial charge in [0.2, 0.25) is 6.79 Å². The van der Waals surface area contributed by atoms with Crippen LogP contribution in [0.2, 0.25) is 0 Å². The van der Waals surface area contributed by atoms with Crippen molar-refractivity contribution in [2.24, 2.45) is 0 Å². The molecule has 0 bridgehead atoms. The SMILES string of the molecule is CO[C@@H](C(=O)N1CCN(Cc2ccc3c(c2)OCO3)CC1)c1ccccc1. The van der Waals surface area contributed by atoms with E-state index in [1.54, 1.807) is 7.11 Å². The van der Waals surface area contributed by atoms with Gasteiger partial charge in [0.15, 0.2) is 17.6 Å². The lowest BCUT2D eigenvalue weighted by Crippen LogP contribution is -2.49. The second-order valence-electron chi connectivity index (χ2n) is 6.82. The van der Waals surface area contributed by atoms with Crippen molar-refractivity contribution in [2.45, 2.75) is 12.6 Å². The van der Waals surface area contributed by atoms with Gasteiger partial charge in [-0.1, -0.05) is 36.4 Å². The van der Waals surface area contributed by atoms with E-state index < -0.39 is 6.10 Å². The minimum absolute atomic E-state index is 0.0337. The van der Waals surface area contributed by atoms with Gasteiger partial charge in [-0.25, -0.2) is 0 Å². The molecule has 0 unspecified atom stereocenters. The molecule has 0 saturated carbocycles. The fraction of sp³-hybridized carbons (Fsp3) is 0.381. The zero-order valence-corrected chi connectivity index (χ0v) is 15.5. The van der Waals surface area contributed by atoms with Gasteiger partial charge in [0, 0.05) is 39.8 Å². The van der Waals surface area contributed by atoms with Gasteiger partial charge in [-0.3, -0.25) is 9.69 Å². The highest BCUT2D eigenvalue weighted by atomic mass is 16.7. The Bertz CT molecular complexity index is 788. The first-order valence-electron chi connectivity index (χ1n) is 9.22. The van der Waals surface area contributed by atoms with E-state index in [4.69, 9.17) is 14.2 Å². The molecule has 1 amide bonds. The summed E-state index contributed by atoms with van der Waals surface area (Å²) in [6.45, 7) is 4.22. The lowest BCUT2D eigenvalue weighted by molar-refractivity contribution is -0.144. The lowest BCUT2D eigenvalue weighted by Gasteiger charge is -2.36. The van der Waals surface area contributed by atoms with Crippen LogP contribution >= 0.6 is 0 Å². The smallest absolute Gasteiger partial charge is 0.256 e. The van der Waals surface area contributed by atoms with Crippen molar-refractivity contribution in [3.63, 3.8) is 0 Å². The van der Waals surface area contributed by atoms with Crippen LogP contribution in [-0.2, 0) is 16.1 Å². The largest absolute Gasteiger partial charge is 0.454 e. The number of fused-ring (bicyclic) bond motifs is 1. The van der Waals surface area contributed by atoms with Gasteiger partial charge in [0.05, 0.1) is 0 Å². The van der Waals surface area contributed by atoms with Crippen molar-refractivity contribution in [2.75, 3.05) is 40.1 Å². The summed E-state index contributed by atoms with van der Waals surface area (Å²) in [6.07, 6.45) is -0.536. The van der Waals surface area contributed by atoms with Crippen LogP contribution < -0.4 is 9.47 Å². The summed E-state index contributed by atoms with van der Waals surface area (Å²) < 4.78 is 16.3. The third kappa shape index (κ3) is 3.91. The summed E-state index contributed by atoms with van der Waals surface area (Å²) in [5.74, 6) is 1.65. The highest BCUT2D eigenvalue weighted by molar-refractivity contribution is 5.82. The number of amides is 1. The molecule has 0 aromatic heterocycles. The number of carbonyl (C=O) groups excluding carboxylic acids is 1. The Kier molecular flexibility index (Phi) is 5.27. The van der Waals surface area contributed by atoms with Gasteiger partial charge in [-0.15, -0.1) is 0 Å². The molecule has 4 rings (SSSR count). The lowest BCUT2D eigenvalue weighted by atomic mass is 10.1. The van der Waals surface area contributed by atoms with Crippen LogP contribution in [0.4, 0.5) is 0 Å². The fourth-order valence-corrected chi connectivity index (χ4v) is 3.60. The van der Waals surface area contributed by atoms with Crippen LogP contribution in [0.5, 0.6) is 11.5 Å². The van der Waals surface area contributed by atoms with Crippen LogP contribution in [0.1, 0.15) is 17.2 Å². The monoisotopic (exact) mass is 368 g/mol. The molecule has 1 fully saturated rings. The summed E-state index contributed by atoms with van der Waals surface area (Å²) in [4.78, 5) is 17.1. The quantitative estimate of drug-likeness (QED) is 0.811. The van der Waals surface area contributed by atoms with Crippen LogP contribution in [0.15, 0.2) is 48.5 Å². The zero-order valence-electron chi connectivity index (χ0n) is 15.5. The molecule has 0 radical (unpaired) electrons. The van der Waals surface area contributed by atoms with Crippen molar-refractivity contribution in [3.05, 3.63) is 59.7 Å². The molecule has 0 aliphatic carbocycles. The van der Waals surface area contributed by atoms with Crippen molar-refractivity contribution in [1.29, 1.82) is 0 Å². The highest BCUT2D eigenvalue weighted by Crippen LogP contribution is 2.33. The van der Waals surface area contributed by atoms with E-state index in [-0.39, 0.29) is 5.91 Å². The molecule has 0 spiro atoms. The van der Waals surface area contributed by atoms with Crippen molar-refractivity contribution in [3.8, 4) is 11.5 Å². The molecule has 1 saturated heterocycles. The molecule has 27 heavy (non-hydrogen) atoms. The molecular weight excluding hydrogens is 344 g/mol. The Morgan fingerprint density at radius 1 is 1.04 bits per heavy atom. The number of hydrogen-bond acceptors (Lipinski definition) is 5. The molecule has 2 aliphatic rings. The van der Waals surface area contributed by atoms with Crippen molar-refractivity contribution >= 4 is 5.91 Å². The van der Waals surface area contributed by atoms with E-state index in [0.717, 1.165) is 36.7 Å². The molecule has 2 aliphatic heterocycles. The van der Waals surface area contributed by atoms with Gasteiger partial charge in [-0.05, 0) is 23.3 Å². The molecular formula is C21H24N2O4. The predicted molar refractivity (Wildman–Crippen MR) is 101 cm³/mol. The first-order valence-corrected chi connectivity index (χ1v) is 9.22. The molecule has 2 heterocycles. The van der Waals surface area contributed by atoms with Crippen LogP contribution in [0.25, 0.3) is 0 Å². The molecule has 6 nitrogen and oxygen atoms in total. The summed E-state index contributed by atoms with van der Waals surface area (Å²) in [7, 11) is 1.59. The van der Waals surface area contributed by atoms with Gasteiger partial charge in [0.25, 0.3) is 5.91 Å². The fourth-order valence-electron chi connectivity index (χ4n) is 3.60. The average molecular weight is 368 g/mol. The third-order valence-corrected chi connectivity index (χ3v) is 5.09. The van der Waals surface area contributed by atoms with Gasteiger partial charge >= 0.3 is 0 Å². The molecule has 2 aromatic carbocycles. The topological polar surface area (TPSA) is 51.2 Å². The number of carbonyl (C=O) groups is 1. The molecule has 142 valence electrons. The Morgan fingerprint density at radius 3 is 2.52 bits per heavy atom. The normalized spacial score (nSPS) is 17.7. The van der Waals surface area contributed by atoms with Crippen molar-refractivity contribution < 1.29 is 19.0 Å². The van der Waals surface area contributed by atoms with Crippen LogP contribution in [-0.4, -0.2) is 55.8 Å². The van der Waals surface area contributed by atoms with Gasteiger partial charge in [-0.2, -0.15) is 0 Å². The number of piperazine rings is 1. The second kappa shape index (κ2) is 7.98. The minimum Gasteiger partial charge on any atom is -0.454 e. The predicted octanol–water partition coefficient (Wildman–Crippen LogP) is 2.45. The van der Waals surface area contributed by atoms with E-state index in [2.05, 4.69) is 11.0 Å². The minimum atomic E-state index is -0.536. The van der Waals surface area contributed by atoms with E-state index >= 15 is 0 Å².